The van der Waals surface area contributed by atoms with Gasteiger partial charge in [0, 0.05) is 5.56 Å². The molecule has 0 saturated heterocycles. The van der Waals surface area contributed by atoms with Gasteiger partial charge >= 0.3 is 0 Å². The first-order valence-corrected chi connectivity index (χ1v) is 6.67. The molecule has 0 aliphatic rings. The number of benzene rings is 1. The SMILES string of the molecule is N=C(N)c1ccc2nc(Cc3nc4ncncc4[nH]3)[nH]c2c1. The van der Waals surface area contributed by atoms with Gasteiger partial charge in [0.15, 0.2) is 5.65 Å². The third-order valence-corrected chi connectivity index (χ3v) is 3.39. The van der Waals surface area contributed by atoms with Gasteiger partial charge in [-0.15, -0.1) is 0 Å². The molecule has 4 rings (SSSR count). The topological polar surface area (TPSA) is 133 Å². The van der Waals surface area contributed by atoms with Gasteiger partial charge in [-0.1, -0.05) is 0 Å². The Hall–Kier alpha value is -3.29. The lowest BCUT2D eigenvalue weighted by Gasteiger charge is -1.96. The number of imidazole rings is 2. The van der Waals surface area contributed by atoms with Gasteiger partial charge in [0.1, 0.15) is 29.3 Å². The Kier molecular flexibility index (Phi) is 2.62. The maximum absolute atomic E-state index is 7.47. The summed E-state index contributed by atoms with van der Waals surface area (Å²) < 4.78 is 0. The quantitative estimate of drug-likeness (QED) is 0.331. The number of nitrogen functional groups attached to an aromatic ring is 1. The number of nitrogens with one attached hydrogen (secondary N) is 3. The van der Waals surface area contributed by atoms with Crippen LogP contribution >= 0.6 is 0 Å². The van der Waals surface area contributed by atoms with Crippen LogP contribution in [0.3, 0.4) is 0 Å². The number of hydrogen-bond acceptors (Lipinski definition) is 5. The van der Waals surface area contributed by atoms with Crippen LogP contribution in [0.2, 0.25) is 0 Å². The second-order valence-corrected chi connectivity index (χ2v) is 4.95. The van der Waals surface area contributed by atoms with Crippen molar-refractivity contribution in [3.63, 3.8) is 0 Å². The molecule has 0 atom stereocenters. The first kappa shape index (κ1) is 12.5. The van der Waals surface area contributed by atoms with E-state index in [1.165, 1.54) is 6.33 Å². The smallest absolute Gasteiger partial charge is 0.180 e. The lowest BCUT2D eigenvalue weighted by Crippen LogP contribution is -2.10. The zero-order chi connectivity index (χ0) is 15.1. The van der Waals surface area contributed by atoms with E-state index in [1.807, 2.05) is 12.1 Å². The van der Waals surface area contributed by atoms with E-state index in [9.17, 15) is 0 Å². The van der Waals surface area contributed by atoms with Crippen LogP contribution < -0.4 is 5.73 Å². The summed E-state index contributed by atoms with van der Waals surface area (Å²) in [5, 5.41) is 7.47. The molecule has 0 fully saturated rings. The predicted octanol–water partition coefficient (Wildman–Crippen LogP) is 1.10. The van der Waals surface area contributed by atoms with E-state index >= 15 is 0 Å². The molecule has 0 spiro atoms. The number of aromatic nitrogens is 6. The average molecular weight is 292 g/mol. The molecule has 22 heavy (non-hydrogen) atoms. The van der Waals surface area contributed by atoms with Gasteiger partial charge in [-0.3, -0.25) is 5.41 Å². The largest absolute Gasteiger partial charge is 0.384 e. The van der Waals surface area contributed by atoms with E-state index < -0.39 is 0 Å². The van der Waals surface area contributed by atoms with Crippen molar-refractivity contribution in [2.45, 2.75) is 6.42 Å². The predicted molar refractivity (Wildman–Crippen MR) is 81.6 cm³/mol. The van der Waals surface area contributed by atoms with Crippen LogP contribution in [0.4, 0.5) is 0 Å². The second-order valence-electron chi connectivity index (χ2n) is 4.95. The summed E-state index contributed by atoms with van der Waals surface area (Å²) in [7, 11) is 0. The van der Waals surface area contributed by atoms with Crippen LogP contribution in [-0.2, 0) is 6.42 Å². The molecule has 0 saturated carbocycles. The first-order valence-electron chi connectivity index (χ1n) is 6.67. The van der Waals surface area contributed by atoms with Crippen molar-refractivity contribution in [3.8, 4) is 0 Å². The molecule has 0 radical (unpaired) electrons. The molecule has 3 heterocycles. The molecule has 8 nitrogen and oxygen atoms in total. The van der Waals surface area contributed by atoms with Crippen molar-refractivity contribution >= 4 is 28.0 Å². The molecule has 4 aromatic rings. The van der Waals surface area contributed by atoms with Crippen molar-refractivity contribution in [2.24, 2.45) is 5.73 Å². The van der Waals surface area contributed by atoms with Crippen LogP contribution in [0.5, 0.6) is 0 Å². The van der Waals surface area contributed by atoms with Crippen LogP contribution in [-0.4, -0.2) is 35.7 Å². The fourth-order valence-electron chi connectivity index (χ4n) is 2.37. The Morgan fingerprint density at radius 3 is 2.77 bits per heavy atom. The highest BCUT2D eigenvalue weighted by atomic mass is 15.0. The van der Waals surface area contributed by atoms with Gasteiger partial charge in [-0.25, -0.2) is 19.9 Å². The van der Waals surface area contributed by atoms with E-state index in [1.54, 1.807) is 12.3 Å². The molecule has 0 aliphatic carbocycles. The first-order chi connectivity index (χ1) is 10.7. The minimum absolute atomic E-state index is 0.0360. The highest BCUT2D eigenvalue weighted by Gasteiger charge is 2.09. The summed E-state index contributed by atoms with van der Waals surface area (Å²) in [6.07, 6.45) is 3.69. The van der Waals surface area contributed by atoms with E-state index in [2.05, 4.69) is 29.9 Å². The van der Waals surface area contributed by atoms with E-state index in [-0.39, 0.29) is 5.84 Å². The van der Waals surface area contributed by atoms with Gasteiger partial charge in [0.2, 0.25) is 0 Å². The number of aromatic amines is 2. The summed E-state index contributed by atoms with van der Waals surface area (Å²) in [5.74, 6) is 1.58. The molecule has 1 aromatic carbocycles. The third-order valence-electron chi connectivity index (χ3n) is 3.39. The van der Waals surface area contributed by atoms with E-state index in [0.717, 1.165) is 28.2 Å². The Labute approximate surface area is 124 Å². The van der Waals surface area contributed by atoms with E-state index in [4.69, 9.17) is 11.1 Å². The average Bonchev–Trinajstić information content (AvgIpc) is 3.08. The minimum Gasteiger partial charge on any atom is -0.384 e. The number of rotatable bonds is 3. The molecule has 0 amide bonds. The number of hydrogen-bond donors (Lipinski definition) is 4. The normalized spacial score (nSPS) is 11.3. The monoisotopic (exact) mass is 292 g/mol. The Morgan fingerprint density at radius 2 is 1.95 bits per heavy atom. The van der Waals surface area contributed by atoms with Gasteiger partial charge < -0.3 is 15.7 Å². The molecule has 0 bridgehead atoms. The lowest BCUT2D eigenvalue weighted by molar-refractivity contribution is 0.958. The molecule has 5 N–H and O–H groups in total. The highest BCUT2D eigenvalue weighted by Crippen LogP contribution is 2.16. The summed E-state index contributed by atoms with van der Waals surface area (Å²) in [6, 6.07) is 5.44. The van der Waals surface area contributed by atoms with Crippen molar-refractivity contribution < 1.29 is 0 Å². The summed E-state index contributed by atoms with van der Waals surface area (Å²) >= 11 is 0. The molecule has 8 heteroatoms. The van der Waals surface area contributed by atoms with Crippen LogP contribution in [0.1, 0.15) is 17.2 Å². The molecule has 0 unspecified atom stereocenters. The van der Waals surface area contributed by atoms with Crippen molar-refractivity contribution in [2.75, 3.05) is 0 Å². The minimum atomic E-state index is 0.0360. The number of H-pyrrole nitrogens is 2. The third kappa shape index (κ3) is 2.06. The van der Waals surface area contributed by atoms with Crippen LogP contribution in [0, 0.1) is 5.41 Å². The number of fused-ring (bicyclic) bond motifs is 2. The zero-order valence-corrected chi connectivity index (χ0v) is 11.5. The Balaban J connectivity index is 1.70. The molecule has 3 aromatic heterocycles. The van der Waals surface area contributed by atoms with Crippen LogP contribution in [0.25, 0.3) is 22.2 Å². The molecular weight excluding hydrogens is 280 g/mol. The van der Waals surface area contributed by atoms with Gasteiger partial charge in [-0.2, -0.15) is 0 Å². The van der Waals surface area contributed by atoms with Gasteiger partial charge in [0.05, 0.1) is 23.7 Å². The highest BCUT2D eigenvalue weighted by molar-refractivity contribution is 5.97. The zero-order valence-electron chi connectivity index (χ0n) is 11.5. The summed E-state index contributed by atoms with van der Waals surface area (Å²) in [6.45, 7) is 0. The summed E-state index contributed by atoms with van der Waals surface area (Å²) in [4.78, 5) is 23.4. The van der Waals surface area contributed by atoms with Gasteiger partial charge in [-0.05, 0) is 18.2 Å². The van der Waals surface area contributed by atoms with Crippen molar-refractivity contribution in [1.29, 1.82) is 5.41 Å². The number of amidine groups is 1. The lowest BCUT2D eigenvalue weighted by atomic mass is 10.2. The van der Waals surface area contributed by atoms with Crippen LogP contribution in [0.15, 0.2) is 30.7 Å². The van der Waals surface area contributed by atoms with E-state index in [0.29, 0.717) is 17.6 Å². The maximum Gasteiger partial charge on any atom is 0.180 e. The number of nitrogens with zero attached hydrogens (tertiary/aromatic N) is 4. The second kappa shape index (κ2) is 4.62. The maximum atomic E-state index is 7.47. The molecule has 108 valence electrons. The Morgan fingerprint density at radius 1 is 1.14 bits per heavy atom. The van der Waals surface area contributed by atoms with Crippen molar-refractivity contribution in [1.82, 2.24) is 29.9 Å². The molecular formula is C14H12N8. The standard InChI is InChI=1S/C14H12N8/c15-13(16)7-1-2-8-9(3-7)20-11(19-8)4-12-21-10-5-17-6-18-14(10)22-12/h1-3,5-6H,4H2,(H3,15,16)(H,19,20)(H,17,18,21,22). The fourth-order valence-corrected chi connectivity index (χ4v) is 2.37. The fraction of sp³-hybridized carbons (Fsp3) is 0.0714. The molecule has 0 aliphatic heterocycles. The Bertz CT molecular complexity index is 963. The number of nitrogens with two attached hydrogens (primary N) is 1. The summed E-state index contributed by atoms with van der Waals surface area (Å²) in [5.41, 5.74) is 9.28. The van der Waals surface area contributed by atoms with Crippen molar-refractivity contribution in [3.05, 3.63) is 47.9 Å². The van der Waals surface area contributed by atoms with Gasteiger partial charge in [0.25, 0.3) is 0 Å².